The van der Waals surface area contributed by atoms with Gasteiger partial charge in [0.15, 0.2) is 11.5 Å². The van der Waals surface area contributed by atoms with Crippen molar-refractivity contribution in [2.75, 3.05) is 41.1 Å². The van der Waals surface area contributed by atoms with Crippen LogP contribution in [0.5, 0.6) is 17.2 Å². The summed E-state index contributed by atoms with van der Waals surface area (Å²) in [6.07, 6.45) is 0.976. The summed E-state index contributed by atoms with van der Waals surface area (Å²) in [5, 5.41) is 17.4. The van der Waals surface area contributed by atoms with Gasteiger partial charge in [-0.3, -0.25) is 0 Å². The van der Waals surface area contributed by atoms with Gasteiger partial charge in [0.05, 0.1) is 46.7 Å². The van der Waals surface area contributed by atoms with E-state index in [1.165, 1.54) is 0 Å². The number of aliphatic hydroxyl groups excluding tert-OH is 1. The highest BCUT2D eigenvalue weighted by atomic mass is 16.5. The highest BCUT2D eigenvalue weighted by molar-refractivity contribution is 5.66. The van der Waals surface area contributed by atoms with Gasteiger partial charge in [-0.15, -0.1) is 6.58 Å². The molecule has 30 heavy (non-hydrogen) atoms. The Morgan fingerprint density at radius 1 is 1.17 bits per heavy atom. The standard InChI is InChI=1S/C21H31N3O6/c1-7-8-29-12-15(25)11-22-18(13(2)3)21-23-20(24-30-21)14-9-16(26-4)19(28-6)17(10-14)27-5/h7,9-10,13,15,18,22,25H,1,8,11-12H2,2-6H3. The smallest absolute Gasteiger partial charge is 0.244 e. The Morgan fingerprint density at radius 2 is 1.83 bits per heavy atom. The second-order valence-corrected chi connectivity index (χ2v) is 6.98. The number of aromatic nitrogens is 2. The molecule has 9 nitrogen and oxygen atoms in total. The quantitative estimate of drug-likeness (QED) is 0.373. The highest BCUT2D eigenvalue weighted by Crippen LogP contribution is 2.40. The highest BCUT2D eigenvalue weighted by Gasteiger charge is 2.24. The summed E-state index contributed by atoms with van der Waals surface area (Å²) < 4.78 is 26.9. The van der Waals surface area contributed by atoms with E-state index in [1.807, 2.05) is 13.8 Å². The lowest BCUT2D eigenvalue weighted by molar-refractivity contribution is 0.0460. The third kappa shape index (κ3) is 5.94. The molecule has 2 N–H and O–H groups in total. The zero-order chi connectivity index (χ0) is 22.1. The Kier molecular flexibility index (Phi) is 9.10. The summed E-state index contributed by atoms with van der Waals surface area (Å²) in [5.74, 6) is 2.46. The summed E-state index contributed by atoms with van der Waals surface area (Å²) in [6.45, 7) is 8.57. The van der Waals surface area contributed by atoms with Crippen molar-refractivity contribution >= 4 is 0 Å². The topological polar surface area (TPSA) is 108 Å². The Labute approximate surface area is 177 Å². The summed E-state index contributed by atoms with van der Waals surface area (Å²) in [4.78, 5) is 4.54. The van der Waals surface area contributed by atoms with Gasteiger partial charge in [-0.1, -0.05) is 25.1 Å². The van der Waals surface area contributed by atoms with Crippen molar-refractivity contribution in [1.29, 1.82) is 0 Å². The van der Waals surface area contributed by atoms with Gasteiger partial charge in [0.1, 0.15) is 0 Å². The Balaban J connectivity index is 2.19. The van der Waals surface area contributed by atoms with E-state index in [-0.39, 0.29) is 18.6 Å². The lowest BCUT2D eigenvalue weighted by Gasteiger charge is -2.20. The van der Waals surface area contributed by atoms with Crippen LogP contribution in [0.3, 0.4) is 0 Å². The van der Waals surface area contributed by atoms with E-state index in [0.29, 0.717) is 47.7 Å². The predicted octanol–water partition coefficient (Wildman–Crippen LogP) is 2.61. The zero-order valence-electron chi connectivity index (χ0n) is 18.2. The van der Waals surface area contributed by atoms with Gasteiger partial charge in [-0.2, -0.15) is 4.98 Å². The van der Waals surface area contributed by atoms with E-state index in [0.717, 1.165) is 0 Å². The molecule has 2 aromatic rings. The molecule has 0 saturated carbocycles. The zero-order valence-corrected chi connectivity index (χ0v) is 18.2. The molecule has 1 heterocycles. The van der Waals surface area contributed by atoms with E-state index in [1.54, 1.807) is 39.5 Å². The second-order valence-electron chi connectivity index (χ2n) is 6.98. The van der Waals surface area contributed by atoms with Crippen LogP contribution < -0.4 is 19.5 Å². The molecule has 0 aliphatic heterocycles. The third-order valence-corrected chi connectivity index (χ3v) is 4.42. The molecule has 1 aromatic heterocycles. The molecule has 1 aromatic carbocycles. The minimum atomic E-state index is -0.663. The first-order chi connectivity index (χ1) is 14.4. The normalized spacial score (nSPS) is 13.2. The van der Waals surface area contributed by atoms with Crippen molar-refractivity contribution in [1.82, 2.24) is 15.5 Å². The fraction of sp³-hybridized carbons (Fsp3) is 0.524. The Hall–Kier alpha value is -2.62. The number of hydrogen-bond acceptors (Lipinski definition) is 9. The summed E-state index contributed by atoms with van der Waals surface area (Å²) in [6, 6.07) is 3.28. The first kappa shape index (κ1) is 23.7. The van der Waals surface area contributed by atoms with Crippen LogP contribution in [-0.4, -0.2) is 62.4 Å². The lowest BCUT2D eigenvalue weighted by Crippen LogP contribution is -2.35. The van der Waals surface area contributed by atoms with Crippen molar-refractivity contribution in [3.05, 3.63) is 30.7 Å². The summed E-state index contributed by atoms with van der Waals surface area (Å²) in [5.41, 5.74) is 0.667. The number of nitrogens with zero attached hydrogens (tertiary/aromatic N) is 2. The number of nitrogens with one attached hydrogen (secondary N) is 1. The molecule has 2 atom stereocenters. The van der Waals surface area contributed by atoms with Gasteiger partial charge in [0.25, 0.3) is 0 Å². The molecular weight excluding hydrogens is 390 g/mol. The predicted molar refractivity (Wildman–Crippen MR) is 112 cm³/mol. The molecule has 0 aliphatic rings. The second kappa shape index (κ2) is 11.5. The van der Waals surface area contributed by atoms with Crippen molar-refractivity contribution in [3.8, 4) is 28.6 Å². The average molecular weight is 421 g/mol. The van der Waals surface area contributed by atoms with Crippen molar-refractivity contribution in [2.24, 2.45) is 5.92 Å². The van der Waals surface area contributed by atoms with Crippen molar-refractivity contribution in [3.63, 3.8) is 0 Å². The molecule has 0 aliphatic carbocycles. The molecule has 9 heteroatoms. The van der Waals surface area contributed by atoms with E-state index in [2.05, 4.69) is 22.0 Å². The maximum absolute atomic E-state index is 10.1. The van der Waals surface area contributed by atoms with Crippen LogP contribution in [0.25, 0.3) is 11.4 Å². The minimum Gasteiger partial charge on any atom is -0.493 e. The number of aliphatic hydroxyl groups is 1. The molecule has 2 unspecified atom stereocenters. The van der Waals surface area contributed by atoms with Crippen molar-refractivity contribution < 1.29 is 28.6 Å². The monoisotopic (exact) mass is 421 g/mol. The number of benzene rings is 1. The molecule has 0 bridgehead atoms. The van der Waals surface area contributed by atoms with E-state index in [4.69, 9.17) is 23.5 Å². The van der Waals surface area contributed by atoms with Crippen molar-refractivity contribution in [2.45, 2.75) is 26.0 Å². The number of hydrogen-bond donors (Lipinski definition) is 2. The Morgan fingerprint density at radius 3 is 2.37 bits per heavy atom. The van der Waals surface area contributed by atoms with Gasteiger partial charge in [-0.05, 0) is 18.1 Å². The maximum atomic E-state index is 10.1. The van der Waals surface area contributed by atoms with Gasteiger partial charge in [0.2, 0.25) is 17.5 Å². The average Bonchev–Trinajstić information content (AvgIpc) is 3.22. The molecule has 0 amide bonds. The van der Waals surface area contributed by atoms with E-state index in [9.17, 15) is 5.11 Å². The molecule has 2 rings (SSSR count). The van der Waals surface area contributed by atoms with Crippen LogP contribution in [0, 0.1) is 5.92 Å². The first-order valence-electron chi connectivity index (χ1n) is 9.69. The van der Waals surface area contributed by atoms with Crippen LogP contribution in [0.1, 0.15) is 25.8 Å². The molecule has 0 fully saturated rings. The van der Waals surface area contributed by atoms with Gasteiger partial charge in [0, 0.05) is 12.1 Å². The Bertz CT molecular complexity index is 783. The lowest BCUT2D eigenvalue weighted by atomic mass is 10.0. The van der Waals surface area contributed by atoms with Crippen LogP contribution in [0.15, 0.2) is 29.3 Å². The van der Waals surface area contributed by atoms with E-state index >= 15 is 0 Å². The number of ether oxygens (including phenoxy) is 4. The summed E-state index contributed by atoms with van der Waals surface area (Å²) in [7, 11) is 4.64. The molecular formula is C21H31N3O6. The molecule has 0 spiro atoms. The number of methoxy groups -OCH3 is 3. The molecule has 0 saturated heterocycles. The summed E-state index contributed by atoms with van der Waals surface area (Å²) >= 11 is 0. The van der Waals surface area contributed by atoms with Crippen LogP contribution in [-0.2, 0) is 4.74 Å². The van der Waals surface area contributed by atoms with Crippen LogP contribution in [0.4, 0.5) is 0 Å². The fourth-order valence-electron chi connectivity index (χ4n) is 2.91. The maximum Gasteiger partial charge on any atom is 0.244 e. The van der Waals surface area contributed by atoms with E-state index < -0.39 is 6.10 Å². The van der Waals surface area contributed by atoms with Gasteiger partial charge >= 0.3 is 0 Å². The minimum absolute atomic E-state index is 0.152. The van der Waals surface area contributed by atoms with Gasteiger partial charge < -0.3 is 33.9 Å². The van der Waals surface area contributed by atoms with Crippen LogP contribution in [0.2, 0.25) is 0 Å². The largest absolute Gasteiger partial charge is 0.493 e. The first-order valence-corrected chi connectivity index (χ1v) is 9.69. The third-order valence-electron chi connectivity index (χ3n) is 4.42. The SMILES string of the molecule is C=CCOCC(O)CNC(c1nc(-c2cc(OC)c(OC)c(OC)c2)no1)C(C)C. The number of rotatable bonds is 13. The molecule has 166 valence electrons. The fourth-order valence-corrected chi connectivity index (χ4v) is 2.91. The van der Waals surface area contributed by atoms with Gasteiger partial charge in [-0.25, -0.2) is 0 Å². The molecule has 0 radical (unpaired) electrons. The van der Waals surface area contributed by atoms with Crippen LogP contribution >= 0.6 is 0 Å².